The summed E-state index contributed by atoms with van der Waals surface area (Å²) in [7, 11) is 0. The Balaban J connectivity index is 1.41. The zero-order valence-electron chi connectivity index (χ0n) is 15.4. The minimum Gasteiger partial charge on any atom is -0.350 e. The van der Waals surface area contributed by atoms with E-state index in [2.05, 4.69) is 15.5 Å². The molecule has 142 valence electrons. The number of hydrogen-bond donors (Lipinski definition) is 1. The van der Waals surface area contributed by atoms with Gasteiger partial charge in [-0.2, -0.15) is 0 Å². The Morgan fingerprint density at radius 1 is 1.19 bits per heavy atom. The molecule has 2 aliphatic heterocycles. The highest BCUT2D eigenvalue weighted by Gasteiger charge is 2.34. The Morgan fingerprint density at radius 2 is 1.96 bits per heavy atom. The molecule has 1 N–H and O–H groups in total. The summed E-state index contributed by atoms with van der Waals surface area (Å²) < 4.78 is 0. The van der Waals surface area contributed by atoms with Crippen molar-refractivity contribution in [3.63, 3.8) is 0 Å². The lowest BCUT2D eigenvalue weighted by molar-refractivity contribution is -0.122. The average molecular weight is 385 g/mol. The van der Waals surface area contributed by atoms with Gasteiger partial charge in [0, 0.05) is 26.1 Å². The Hall–Kier alpha value is -2.48. The fourth-order valence-electron chi connectivity index (χ4n) is 3.56. The first-order valence-corrected chi connectivity index (χ1v) is 10.2. The van der Waals surface area contributed by atoms with Crippen LogP contribution >= 0.6 is 11.3 Å². The van der Waals surface area contributed by atoms with Gasteiger partial charge in [-0.3, -0.25) is 14.5 Å². The number of carbonyl (C=O) groups is 2. The highest BCUT2D eigenvalue weighted by molar-refractivity contribution is 7.19. The Kier molecular flexibility index (Phi) is 5.07. The lowest BCUT2D eigenvalue weighted by Crippen LogP contribution is -2.43. The maximum atomic E-state index is 12.7. The van der Waals surface area contributed by atoms with Gasteiger partial charge in [0.2, 0.25) is 22.1 Å². The molecule has 2 fully saturated rings. The van der Waals surface area contributed by atoms with Crippen LogP contribution in [0, 0.1) is 6.92 Å². The van der Waals surface area contributed by atoms with Crippen LogP contribution in [0.1, 0.15) is 36.8 Å². The van der Waals surface area contributed by atoms with Gasteiger partial charge >= 0.3 is 0 Å². The van der Waals surface area contributed by atoms with Gasteiger partial charge in [0.05, 0.1) is 0 Å². The normalized spacial score (nSPS) is 19.7. The Labute approximate surface area is 162 Å². The number of aromatic nitrogens is 2. The molecule has 1 aromatic carbocycles. The van der Waals surface area contributed by atoms with E-state index in [4.69, 9.17) is 0 Å². The van der Waals surface area contributed by atoms with Gasteiger partial charge in [0.15, 0.2) is 0 Å². The highest BCUT2D eigenvalue weighted by Crippen LogP contribution is 2.33. The SMILES string of the molecule is Cc1ccc(CNC(=O)C2CCCN2c2nnc(N3CCCC3=O)s2)cc1. The molecule has 0 spiro atoms. The van der Waals surface area contributed by atoms with Crippen molar-refractivity contribution >= 4 is 33.4 Å². The first-order chi connectivity index (χ1) is 13.1. The predicted octanol–water partition coefficient (Wildman–Crippen LogP) is 2.26. The van der Waals surface area contributed by atoms with Gasteiger partial charge < -0.3 is 10.2 Å². The highest BCUT2D eigenvalue weighted by atomic mass is 32.1. The molecule has 2 saturated heterocycles. The molecule has 2 amide bonds. The number of anilines is 2. The van der Waals surface area contributed by atoms with Crippen LogP contribution in [0.3, 0.4) is 0 Å². The number of hydrogen-bond acceptors (Lipinski definition) is 6. The van der Waals surface area contributed by atoms with Crippen LogP contribution in [0.4, 0.5) is 10.3 Å². The molecule has 1 aromatic heterocycles. The second kappa shape index (κ2) is 7.64. The largest absolute Gasteiger partial charge is 0.350 e. The van der Waals surface area contributed by atoms with Crippen molar-refractivity contribution in [2.75, 3.05) is 22.9 Å². The second-order valence-corrected chi connectivity index (χ2v) is 8.01. The number of carbonyl (C=O) groups excluding carboxylic acids is 2. The first-order valence-electron chi connectivity index (χ1n) is 9.35. The molecule has 0 bridgehead atoms. The van der Waals surface area contributed by atoms with E-state index in [1.54, 1.807) is 4.90 Å². The minimum atomic E-state index is -0.231. The van der Waals surface area contributed by atoms with Crippen LogP contribution in [0.15, 0.2) is 24.3 Å². The average Bonchev–Trinajstić information content (AvgIpc) is 3.40. The molecule has 4 rings (SSSR count). The van der Waals surface area contributed by atoms with Crippen LogP contribution in [-0.4, -0.2) is 41.1 Å². The predicted molar refractivity (Wildman–Crippen MR) is 105 cm³/mol. The van der Waals surface area contributed by atoms with E-state index < -0.39 is 0 Å². The van der Waals surface area contributed by atoms with E-state index in [0.717, 1.165) is 36.5 Å². The van der Waals surface area contributed by atoms with Crippen molar-refractivity contribution in [3.05, 3.63) is 35.4 Å². The molecular formula is C19H23N5O2S. The maximum absolute atomic E-state index is 12.7. The Bertz CT molecular complexity index is 835. The Morgan fingerprint density at radius 3 is 2.70 bits per heavy atom. The number of nitrogens with zero attached hydrogens (tertiary/aromatic N) is 4. The smallest absolute Gasteiger partial charge is 0.243 e. The number of rotatable bonds is 5. The van der Waals surface area contributed by atoms with Gasteiger partial charge in [-0.1, -0.05) is 41.2 Å². The molecule has 0 saturated carbocycles. The summed E-state index contributed by atoms with van der Waals surface area (Å²) >= 11 is 1.40. The fraction of sp³-hybridized carbons (Fsp3) is 0.474. The number of nitrogens with one attached hydrogen (secondary N) is 1. The summed E-state index contributed by atoms with van der Waals surface area (Å²) in [5.74, 6) is 0.119. The first kappa shape index (κ1) is 17.9. The van der Waals surface area contributed by atoms with E-state index in [0.29, 0.717) is 24.6 Å². The lowest BCUT2D eigenvalue weighted by Gasteiger charge is -2.22. The molecule has 7 nitrogen and oxygen atoms in total. The van der Waals surface area contributed by atoms with Crippen molar-refractivity contribution < 1.29 is 9.59 Å². The minimum absolute atomic E-state index is 0.0158. The molecule has 0 aliphatic carbocycles. The molecule has 1 unspecified atom stereocenters. The topological polar surface area (TPSA) is 78.4 Å². The van der Waals surface area contributed by atoms with Crippen LogP contribution in [0.25, 0.3) is 0 Å². The monoisotopic (exact) mass is 385 g/mol. The summed E-state index contributed by atoms with van der Waals surface area (Å²) in [5.41, 5.74) is 2.29. The van der Waals surface area contributed by atoms with Crippen LogP contribution in [0.5, 0.6) is 0 Å². The number of aryl methyl sites for hydroxylation is 1. The molecule has 3 heterocycles. The summed E-state index contributed by atoms with van der Waals surface area (Å²) in [6, 6.07) is 7.93. The van der Waals surface area contributed by atoms with Gasteiger partial charge in [0.25, 0.3) is 0 Å². The van der Waals surface area contributed by atoms with Crippen molar-refractivity contribution in [2.24, 2.45) is 0 Å². The summed E-state index contributed by atoms with van der Waals surface area (Å²) in [6.45, 7) is 4.05. The number of benzene rings is 1. The van der Waals surface area contributed by atoms with E-state index in [1.165, 1.54) is 16.9 Å². The van der Waals surface area contributed by atoms with E-state index in [1.807, 2.05) is 36.1 Å². The van der Waals surface area contributed by atoms with Crippen LogP contribution < -0.4 is 15.1 Å². The van der Waals surface area contributed by atoms with Gasteiger partial charge in [-0.05, 0) is 31.7 Å². The molecule has 2 aliphatic rings. The molecule has 8 heteroatoms. The van der Waals surface area contributed by atoms with Crippen molar-refractivity contribution in [3.8, 4) is 0 Å². The molecule has 27 heavy (non-hydrogen) atoms. The van der Waals surface area contributed by atoms with Crippen molar-refractivity contribution in [2.45, 2.75) is 45.2 Å². The van der Waals surface area contributed by atoms with Crippen molar-refractivity contribution in [1.82, 2.24) is 15.5 Å². The van der Waals surface area contributed by atoms with E-state index >= 15 is 0 Å². The van der Waals surface area contributed by atoms with Crippen LogP contribution in [-0.2, 0) is 16.1 Å². The molecule has 2 aromatic rings. The third kappa shape index (κ3) is 3.80. The summed E-state index contributed by atoms with van der Waals surface area (Å²) in [6.07, 6.45) is 3.18. The molecule has 0 radical (unpaired) electrons. The number of amides is 2. The third-order valence-electron chi connectivity index (χ3n) is 5.10. The van der Waals surface area contributed by atoms with Crippen molar-refractivity contribution in [1.29, 1.82) is 0 Å². The quantitative estimate of drug-likeness (QED) is 0.854. The zero-order chi connectivity index (χ0) is 18.8. The van der Waals surface area contributed by atoms with Gasteiger partial charge in [0.1, 0.15) is 6.04 Å². The van der Waals surface area contributed by atoms with Gasteiger partial charge in [-0.15, -0.1) is 10.2 Å². The summed E-state index contributed by atoms with van der Waals surface area (Å²) in [5, 5.41) is 12.8. The van der Waals surface area contributed by atoms with E-state index in [9.17, 15) is 9.59 Å². The maximum Gasteiger partial charge on any atom is 0.243 e. The van der Waals surface area contributed by atoms with Gasteiger partial charge in [-0.25, -0.2) is 0 Å². The standard InChI is InChI=1S/C19H23N5O2S/c1-13-6-8-14(9-7-13)12-20-17(26)15-4-2-10-23(15)18-21-22-19(27-18)24-11-3-5-16(24)25/h6-9,15H,2-5,10-12H2,1H3,(H,20,26). The third-order valence-corrected chi connectivity index (χ3v) is 6.08. The summed E-state index contributed by atoms with van der Waals surface area (Å²) in [4.78, 5) is 28.3. The van der Waals surface area contributed by atoms with Crippen LogP contribution in [0.2, 0.25) is 0 Å². The lowest BCUT2D eigenvalue weighted by atomic mass is 10.1. The second-order valence-electron chi connectivity index (χ2n) is 7.07. The fourth-order valence-corrected chi connectivity index (χ4v) is 4.53. The molecular weight excluding hydrogens is 362 g/mol. The zero-order valence-corrected chi connectivity index (χ0v) is 16.2. The van der Waals surface area contributed by atoms with E-state index in [-0.39, 0.29) is 17.9 Å². The molecule has 1 atom stereocenters.